The number of methoxy groups -OCH3 is 1. The monoisotopic (exact) mass is 297 g/mol. The average Bonchev–Trinajstić information content (AvgIpc) is 2.95. The third-order valence-corrected chi connectivity index (χ3v) is 3.33. The maximum Gasteiger partial charge on any atom is 0.321 e. The molecule has 0 aliphatic carbocycles. The summed E-state index contributed by atoms with van der Waals surface area (Å²) in [5, 5.41) is 8.03. The number of nitrogens with zero attached hydrogens (tertiary/aromatic N) is 3. The number of rotatable bonds is 5. The van der Waals surface area contributed by atoms with Crippen molar-refractivity contribution < 1.29 is 14.3 Å². The van der Waals surface area contributed by atoms with Gasteiger partial charge in [0.1, 0.15) is 12.4 Å². The zero-order valence-corrected chi connectivity index (χ0v) is 12.3. The number of fused-ring (bicyclic) bond motifs is 1. The van der Waals surface area contributed by atoms with Crippen LogP contribution in [-0.4, -0.2) is 27.5 Å². The maximum absolute atomic E-state index is 11.5. The second-order valence-corrected chi connectivity index (χ2v) is 4.78. The van der Waals surface area contributed by atoms with Crippen molar-refractivity contribution in [3.8, 4) is 11.8 Å². The Balaban J connectivity index is 1.86. The predicted molar refractivity (Wildman–Crippen MR) is 80.3 cm³/mol. The first-order valence-corrected chi connectivity index (χ1v) is 6.79. The lowest BCUT2D eigenvalue weighted by molar-refractivity contribution is 0.101. The Labute approximate surface area is 127 Å². The van der Waals surface area contributed by atoms with Crippen LogP contribution in [-0.2, 0) is 6.61 Å². The molecular weight excluding hydrogens is 282 g/mol. The van der Waals surface area contributed by atoms with Gasteiger partial charge in [0.15, 0.2) is 11.4 Å². The lowest BCUT2D eigenvalue weighted by Gasteiger charge is -2.10. The van der Waals surface area contributed by atoms with Crippen molar-refractivity contribution in [3.63, 3.8) is 0 Å². The summed E-state index contributed by atoms with van der Waals surface area (Å²) in [5.41, 5.74) is 2.11. The van der Waals surface area contributed by atoms with E-state index in [4.69, 9.17) is 9.47 Å². The van der Waals surface area contributed by atoms with Gasteiger partial charge in [0, 0.05) is 17.3 Å². The molecule has 22 heavy (non-hydrogen) atoms. The van der Waals surface area contributed by atoms with Crippen LogP contribution < -0.4 is 9.47 Å². The maximum atomic E-state index is 11.5. The van der Waals surface area contributed by atoms with E-state index in [1.165, 1.54) is 6.92 Å². The number of ketones is 1. The number of hydrogen-bond acceptors (Lipinski definition) is 5. The van der Waals surface area contributed by atoms with Crippen LogP contribution >= 0.6 is 0 Å². The van der Waals surface area contributed by atoms with E-state index in [2.05, 4.69) is 10.2 Å². The molecule has 0 aliphatic heterocycles. The molecule has 112 valence electrons. The van der Waals surface area contributed by atoms with E-state index in [-0.39, 0.29) is 12.4 Å². The molecule has 6 nitrogen and oxygen atoms in total. The zero-order chi connectivity index (χ0) is 15.5. The van der Waals surface area contributed by atoms with Crippen LogP contribution in [0.25, 0.3) is 5.65 Å². The van der Waals surface area contributed by atoms with Crippen LogP contribution in [0.3, 0.4) is 0 Å². The Morgan fingerprint density at radius 3 is 2.86 bits per heavy atom. The van der Waals surface area contributed by atoms with E-state index in [1.807, 2.05) is 24.4 Å². The number of ether oxygens (including phenoxy) is 2. The minimum absolute atomic E-state index is 0.00293. The molecule has 0 spiro atoms. The average molecular weight is 297 g/mol. The quantitative estimate of drug-likeness (QED) is 0.677. The van der Waals surface area contributed by atoms with Crippen molar-refractivity contribution in [1.29, 1.82) is 0 Å². The van der Waals surface area contributed by atoms with Crippen LogP contribution in [0, 0.1) is 0 Å². The first kappa shape index (κ1) is 14.1. The molecule has 2 aromatic heterocycles. The molecule has 0 bridgehead atoms. The Bertz CT molecular complexity index is 826. The molecule has 0 radical (unpaired) electrons. The lowest BCUT2D eigenvalue weighted by atomic mass is 10.1. The van der Waals surface area contributed by atoms with Crippen molar-refractivity contribution in [1.82, 2.24) is 14.6 Å². The van der Waals surface area contributed by atoms with Crippen LogP contribution in [0.1, 0.15) is 22.8 Å². The highest BCUT2D eigenvalue weighted by Crippen LogP contribution is 2.22. The molecule has 3 aromatic rings. The lowest BCUT2D eigenvalue weighted by Crippen LogP contribution is -2.03. The highest BCUT2D eigenvalue weighted by atomic mass is 16.5. The summed E-state index contributed by atoms with van der Waals surface area (Å²) in [7, 11) is 1.58. The van der Waals surface area contributed by atoms with Crippen molar-refractivity contribution in [2.75, 3.05) is 7.11 Å². The fourth-order valence-corrected chi connectivity index (χ4v) is 2.17. The third-order valence-electron chi connectivity index (χ3n) is 3.33. The number of carbonyl (C=O) groups is 1. The molecule has 0 saturated heterocycles. The van der Waals surface area contributed by atoms with Gasteiger partial charge >= 0.3 is 6.01 Å². The van der Waals surface area contributed by atoms with Crippen molar-refractivity contribution in [2.24, 2.45) is 0 Å². The standard InChI is InChI=1S/C16H15N3O3/c1-11(20)12-6-7-14(21-2)13(9-12)10-22-16-18-17-15-5-3-4-8-19(15)16/h3-9H,10H2,1-2H3. The van der Waals surface area contributed by atoms with Crippen molar-refractivity contribution >= 4 is 11.4 Å². The Hall–Kier alpha value is -2.89. The van der Waals surface area contributed by atoms with E-state index >= 15 is 0 Å². The minimum Gasteiger partial charge on any atom is -0.496 e. The summed E-state index contributed by atoms with van der Waals surface area (Å²) in [4.78, 5) is 11.5. The summed E-state index contributed by atoms with van der Waals surface area (Å²) >= 11 is 0. The first-order valence-electron chi connectivity index (χ1n) is 6.79. The molecule has 6 heteroatoms. The van der Waals surface area contributed by atoms with Gasteiger partial charge in [0.25, 0.3) is 0 Å². The van der Waals surface area contributed by atoms with Gasteiger partial charge in [-0.05, 0) is 37.3 Å². The fourth-order valence-electron chi connectivity index (χ4n) is 2.17. The molecule has 1 aromatic carbocycles. The van der Waals surface area contributed by atoms with E-state index in [0.29, 0.717) is 23.0 Å². The predicted octanol–water partition coefficient (Wildman–Crippen LogP) is 2.52. The molecule has 0 aliphatic rings. The van der Waals surface area contributed by atoms with Gasteiger partial charge in [-0.2, -0.15) is 0 Å². The highest BCUT2D eigenvalue weighted by Gasteiger charge is 2.10. The summed E-state index contributed by atoms with van der Waals surface area (Å²) in [5.74, 6) is 0.663. The SMILES string of the molecule is COc1ccc(C(C)=O)cc1COc1nnc2ccccn12. The summed E-state index contributed by atoms with van der Waals surface area (Å²) < 4.78 is 12.8. The topological polar surface area (TPSA) is 65.7 Å². The van der Waals surface area contributed by atoms with Gasteiger partial charge in [-0.3, -0.25) is 9.20 Å². The van der Waals surface area contributed by atoms with Gasteiger partial charge < -0.3 is 9.47 Å². The van der Waals surface area contributed by atoms with Crippen LogP contribution in [0.15, 0.2) is 42.6 Å². The smallest absolute Gasteiger partial charge is 0.321 e. The number of Topliss-reactive ketones (excluding diaryl/α,β-unsaturated/α-hetero) is 1. The molecule has 3 rings (SSSR count). The van der Waals surface area contributed by atoms with Gasteiger partial charge in [-0.25, -0.2) is 0 Å². The number of hydrogen-bond donors (Lipinski definition) is 0. The summed E-state index contributed by atoms with van der Waals surface area (Å²) in [6.45, 7) is 1.76. The molecule has 0 fully saturated rings. The molecule has 0 atom stereocenters. The van der Waals surface area contributed by atoms with Crippen LogP contribution in [0.4, 0.5) is 0 Å². The second kappa shape index (κ2) is 5.85. The number of benzene rings is 1. The summed E-state index contributed by atoms with van der Waals surface area (Å²) in [6.07, 6.45) is 1.83. The Morgan fingerprint density at radius 1 is 1.23 bits per heavy atom. The van der Waals surface area contributed by atoms with Gasteiger partial charge in [0.2, 0.25) is 0 Å². The first-order chi connectivity index (χ1) is 10.7. The van der Waals surface area contributed by atoms with E-state index < -0.39 is 0 Å². The molecular formula is C16H15N3O3. The molecule has 0 amide bonds. The molecule has 2 heterocycles. The Kier molecular flexibility index (Phi) is 3.74. The van der Waals surface area contributed by atoms with Crippen molar-refractivity contribution in [3.05, 3.63) is 53.7 Å². The van der Waals surface area contributed by atoms with E-state index in [1.54, 1.807) is 29.7 Å². The molecule has 0 unspecified atom stereocenters. The van der Waals surface area contributed by atoms with Gasteiger partial charge in [-0.15, -0.1) is 5.10 Å². The zero-order valence-electron chi connectivity index (χ0n) is 12.3. The van der Waals surface area contributed by atoms with Gasteiger partial charge in [-0.1, -0.05) is 11.2 Å². The minimum atomic E-state index is -0.00293. The van der Waals surface area contributed by atoms with Gasteiger partial charge in [0.05, 0.1) is 7.11 Å². The van der Waals surface area contributed by atoms with Crippen molar-refractivity contribution in [2.45, 2.75) is 13.5 Å². The highest BCUT2D eigenvalue weighted by molar-refractivity contribution is 5.94. The summed E-state index contributed by atoms with van der Waals surface area (Å²) in [6, 6.07) is 11.3. The fraction of sp³-hybridized carbons (Fsp3) is 0.188. The number of carbonyl (C=O) groups excluding carboxylic acids is 1. The van der Waals surface area contributed by atoms with Crippen LogP contribution in [0.2, 0.25) is 0 Å². The van der Waals surface area contributed by atoms with E-state index in [0.717, 1.165) is 5.56 Å². The second-order valence-electron chi connectivity index (χ2n) is 4.78. The third kappa shape index (κ3) is 2.63. The molecule has 0 saturated carbocycles. The van der Waals surface area contributed by atoms with Crippen LogP contribution in [0.5, 0.6) is 11.8 Å². The van der Waals surface area contributed by atoms with E-state index in [9.17, 15) is 4.79 Å². The normalized spacial score (nSPS) is 10.6. The molecule has 0 N–H and O–H groups in total. The number of aromatic nitrogens is 3. The Morgan fingerprint density at radius 2 is 2.09 bits per heavy atom. The number of pyridine rings is 1. The largest absolute Gasteiger partial charge is 0.496 e.